The van der Waals surface area contributed by atoms with Crippen molar-refractivity contribution in [2.75, 3.05) is 11.9 Å². The molecule has 160 valence electrons. The monoisotopic (exact) mass is 433 g/mol. The van der Waals surface area contributed by atoms with Gasteiger partial charge in [0.15, 0.2) is 0 Å². The maximum absolute atomic E-state index is 12.6. The highest BCUT2D eigenvalue weighted by Crippen LogP contribution is 2.42. The van der Waals surface area contributed by atoms with Gasteiger partial charge in [0, 0.05) is 29.3 Å². The molecule has 0 saturated heterocycles. The molecule has 3 rings (SSSR count). The molecule has 2 aromatic heterocycles. The van der Waals surface area contributed by atoms with E-state index in [4.69, 9.17) is 14.9 Å². The summed E-state index contributed by atoms with van der Waals surface area (Å²) in [7, 11) is 0. The first kappa shape index (κ1) is 22.9. The summed E-state index contributed by atoms with van der Waals surface area (Å²) in [5, 5.41) is 30.2. The summed E-state index contributed by atoms with van der Waals surface area (Å²) in [6, 6.07) is 2.06. The number of carbonyl (C=O) groups excluding carboxylic acids is 1. The lowest BCUT2D eigenvalue weighted by atomic mass is 9.83. The van der Waals surface area contributed by atoms with Crippen molar-refractivity contribution in [1.29, 1.82) is 0 Å². The third-order valence-corrected chi connectivity index (χ3v) is 4.81. The molecule has 0 bridgehead atoms. The molecule has 2 aromatic rings. The van der Waals surface area contributed by atoms with Gasteiger partial charge in [-0.15, -0.1) is 0 Å². The first-order valence-corrected chi connectivity index (χ1v) is 10.2. The van der Waals surface area contributed by atoms with Gasteiger partial charge in [0.25, 0.3) is 0 Å². The number of anilines is 1. The van der Waals surface area contributed by atoms with Gasteiger partial charge in [-0.3, -0.25) is 5.10 Å². The SMILES string of the molecule is CCCC1=C(C(=O)OCC)C(c2ccsc2)c2cn[nH]c2N1.O=C(O)C=CC(=O)O. The normalized spacial score (nSPS) is 15.1. The molecular weight excluding hydrogens is 410 g/mol. The van der Waals surface area contributed by atoms with E-state index in [9.17, 15) is 14.4 Å². The van der Waals surface area contributed by atoms with Crippen LogP contribution < -0.4 is 5.32 Å². The van der Waals surface area contributed by atoms with Gasteiger partial charge in [0.05, 0.1) is 18.4 Å². The van der Waals surface area contributed by atoms with Gasteiger partial charge in [-0.25, -0.2) is 14.4 Å². The average molecular weight is 433 g/mol. The van der Waals surface area contributed by atoms with Crippen LogP contribution in [0.1, 0.15) is 43.7 Å². The molecule has 0 fully saturated rings. The number of fused-ring (bicyclic) bond motifs is 1. The topological polar surface area (TPSA) is 142 Å². The second kappa shape index (κ2) is 11.0. The van der Waals surface area contributed by atoms with Crippen molar-refractivity contribution in [2.45, 2.75) is 32.6 Å². The van der Waals surface area contributed by atoms with Gasteiger partial charge in [0.1, 0.15) is 5.82 Å². The molecule has 0 spiro atoms. The van der Waals surface area contributed by atoms with Crippen LogP contribution in [0.3, 0.4) is 0 Å². The predicted octanol–water partition coefficient (Wildman–Crippen LogP) is 3.36. The van der Waals surface area contributed by atoms with Crippen molar-refractivity contribution in [2.24, 2.45) is 0 Å². The summed E-state index contributed by atoms with van der Waals surface area (Å²) in [5.74, 6) is -2.02. The maximum Gasteiger partial charge on any atom is 0.336 e. The lowest BCUT2D eigenvalue weighted by Gasteiger charge is -2.28. The molecule has 0 aliphatic carbocycles. The number of ether oxygens (including phenoxy) is 1. The van der Waals surface area contributed by atoms with Crippen LogP contribution in [0.2, 0.25) is 0 Å². The third-order valence-electron chi connectivity index (χ3n) is 4.11. The van der Waals surface area contributed by atoms with Gasteiger partial charge in [-0.05, 0) is 35.7 Å². The van der Waals surface area contributed by atoms with Crippen LogP contribution in [0.25, 0.3) is 0 Å². The van der Waals surface area contributed by atoms with Crippen LogP contribution in [-0.4, -0.2) is 44.9 Å². The fraction of sp³-hybridized carbons (Fsp3) is 0.300. The Morgan fingerprint density at radius 3 is 2.47 bits per heavy atom. The predicted molar refractivity (Wildman–Crippen MR) is 111 cm³/mol. The Bertz CT molecular complexity index is 930. The number of aliphatic carboxylic acids is 2. The zero-order chi connectivity index (χ0) is 22.1. The third kappa shape index (κ3) is 5.80. The van der Waals surface area contributed by atoms with E-state index in [0.717, 1.165) is 35.5 Å². The number of rotatable bonds is 7. The Kier molecular flexibility index (Phi) is 8.36. The molecule has 1 aliphatic heterocycles. The maximum atomic E-state index is 12.6. The number of aromatic amines is 1. The van der Waals surface area contributed by atoms with E-state index in [2.05, 4.69) is 33.9 Å². The highest BCUT2D eigenvalue weighted by atomic mass is 32.1. The first-order valence-electron chi connectivity index (χ1n) is 9.25. The fourth-order valence-electron chi connectivity index (χ4n) is 2.99. The highest BCUT2D eigenvalue weighted by molar-refractivity contribution is 7.08. The van der Waals surface area contributed by atoms with Crippen molar-refractivity contribution in [3.05, 3.63) is 57.6 Å². The minimum Gasteiger partial charge on any atom is -0.478 e. The Balaban J connectivity index is 0.000000343. The van der Waals surface area contributed by atoms with E-state index in [1.54, 1.807) is 17.5 Å². The van der Waals surface area contributed by atoms with Crippen molar-refractivity contribution >= 4 is 35.1 Å². The molecule has 9 nitrogen and oxygen atoms in total. The molecule has 4 N–H and O–H groups in total. The van der Waals surface area contributed by atoms with Gasteiger partial charge in [0.2, 0.25) is 0 Å². The molecule has 0 saturated carbocycles. The van der Waals surface area contributed by atoms with E-state index in [1.807, 2.05) is 12.3 Å². The fourth-order valence-corrected chi connectivity index (χ4v) is 3.67. The zero-order valence-electron chi connectivity index (χ0n) is 16.5. The number of nitrogens with one attached hydrogen (secondary N) is 2. The smallest absolute Gasteiger partial charge is 0.336 e. The minimum absolute atomic E-state index is 0.123. The summed E-state index contributed by atoms with van der Waals surface area (Å²) >= 11 is 1.63. The number of esters is 1. The summed E-state index contributed by atoms with van der Waals surface area (Å²) < 4.78 is 5.31. The number of carboxylic acid groups (broad SMARTS) is 2. The quantitative estimate of drug-likeness (QED) is 0.385. The van der Waals surface area contributed by atoms with Gasteiger partial charge in [-0.2, -0.15) is 16.4 Å². The van der Waals surface area contributed by atoms with Crippen LogP contribution in [0, 0.1) is 0 Å². The number of hydrogen-bond acceptors (Lipinski definition) is 7. The number of thiophene rings is 1. The largest absolute Gasteiger partial charge is 0.478 e. The Hall–Kier alpha value is -3.40. The Morgan fingerprint density at radius 2 is 1.93 bits per heavy atom. The lowest BCUT2D eigenvalue weighted by molar-refractivity contribution is -0.139. The summed E-state index contributed by atoms with van der Waals surface area (Å²) in [6.45, 7) is 4.30. The Morgan fingerprint density at radius 1 is 1.23 bits per heavy atom. The summed E-state index contributed by atoms with van der Waals surface area (Å²) in [5.41, 5.74) is 3.72. The van der Waals surface area contributed by atoms with E-state index >= 15 is 0 Å². The van der Waals surface area contributed by atoms with E-state index in [1.165, 1.54) is 0 Å². The molecule has 0 radical (unpaired) electrons. The Labute approximate surface area is 177 Å². The molecule has 30 heavy (non-hydrogen) atoms. The standard InChI is InChI=1S/C16H19N3O2S.C4H4O4/c1-3-5-12-14(16(20)21-4-2)13(10-6-7-22-9-10)11-8-17-19-15(11)18-12;5-3(6)1-2-4(7)8/h6-9,13H,3-5H2,1-2H3,(H2,17,18,19);1-2H,(H,5,6)(H,7,8). The number of carboxylic acids is 2. The summed E-state index contributed by atoms with van der Waals surface area (Å²) in [6.07, 6.45) is 4.65. The van der Waals surface area contributed by atoms with Crippen molar-refractivity contribution < 1.29 is 29.3 Å². The molecule has 1 unspecified atom stereocenters. The lowest BCUT2D eigenvalue weighted by Crippen LogP contribution is -2.24. The van der Waals surface area contributed by atoms with Gasteiger partial charge >= 0.3 is 17.9 Å². The van der Waals surface area contributed by atoms with Crippen molar-refractivity contribution in [3.63, 3.8) is 0 Å². The number of H-pyrrole nitrogens is 1. The number of carbonyl (C=O) groups is 3. The van der Waals surface area contributed by atoms with Gasteiger partial charge < -0.3 is 20.3 Å². The number of aromatic nitrogens is 2. The molecule has 0 aromatic carbocycles. The molecular formula is C20H23N3O6S. The second-order valence-corrected chi connectivity index (χ2v) is 6.97. The minimum atomic E-state index is -1.26. The second-order valence-electron chi connectivity index (χ2n) is 6.19. The van der Waals surface area contributed by atoms with Crippen molar-refractivity contribution in [1.82, 2.24) is 10.2 Å². The highest BCUT2D eigenvalue weighted by Gasteiger charge is 2.35. The number of nitrogens with zero attached hydrogens (tertiary/aromatic N) is 1. The molecule has 3 heterocycles. The molecule has 1 aliphatic rings. The van der Waals surface area contributed by atoms with E-state index in [0.29, 0.717) is 24.3 Å². The molecule has 10 heteroatoms. The first-order chi connectivity index (χ1) is 14.4. The number of allylic oxidation sites excluding steroid dienone is 1. The van der Waals surface area contributed by atoms with Crippen LogP contribution in [0.4, 0.5) is 5.82 Å². The van der Waals surface area contributed by atoms with Crippen molar-refractivity contribution in [3.8, 4) is 0 Å². The zero-order valence-corrected chi connectivity index (χ0v) is 17.4. The average Bonchev–Trinajstić information content (AvgIpc) is 3.38. The van der Waals surface area contributed by atoms with Crippen LogP contribution >= 0.6 is 11.3 Å². The van der Waals surface area contributed by atoms with Crippen LogP contribution in [0.15, 0.2) is 46.4 Å². The van der Waals surface area contributed by atoms with E-state index < -0.39 is 11.9 Å². The van der Waals surface area contributed by atoms with Crippen LogP contribution in [0.5, 0.6) is 0 Å². The van der Waals surface area contributed by atoms with Crippen LogP contribution in [-0.2, 0) is 19.1 Å². The number of hydrogen-bond donors (Lipinski definition) is 4. The summed E-state index contributed by atoms with van der Waals surface area (Å²) in [4.78, 5) is 31.7. The van der Waals surface area contributed by atoms with Gasteiger partial charge in [-0.1, -0.05) is 13.3 Å². The molecule has 0 amide bonds. The van der Waals surface area contributed by atoms with E-state index in [-0.39, 0.29) is 11.9 Å². The molecule has 1 atom stereocenters.